The molecule has 0 bridgehead atoms. The lowest BCUT2D eigenvalue weighted by Gasteiger charge is -2.41. The molecule has 2 aliphatic heterocycles. The summed E-state index contributed by atoms with van der Waals surface area (Å²) in [5, 5.41) is 8.91. The lowest BCUT2D eigenvalue weighted by molar-refractivity contribution is -0.0676. The molecule has 1 aromatic carbocycles. The third-order valence-corrected chi connectivity index (χ3v) is 5.11. The minimum absolute atomic E-state index is 0.490. The average molecular weight is 335 g/mol. The van der Waals surface area contributed by atoms with Crippen molar-refractivity contribution < 1.29 is 4.74 Å². The fourth-order valence-electron chi connectivity index (χ4n) is 3.29. The molecule has 2 heterocycles. The van der Waals surface area contributed by atoms with Gasteiger partial charge in [-0.25, -0.2) is 0 Å². The predicted octanol–water partition coefficient (Wildman–Crippen LogP) is 3.32. The molecule has 3 rings (SSSR count). The minimum atomic E-state index is 0.490. The molecule has 106 valence electrons. The Hall–Kier alpha value is -0.890. The maximum absolute atomic E-state index is 8.91. The molecule has 0 aromatic heterocycles. The number of ether oxygens (including phenoxy) is 1. The number of piperidine rings is 1. The minimum Gasteiger partial charge on any atom is -0.378 e. The smallest absolute Gasteiger partial charge is 0.0992 e. The van der Waals surface area contributed by atoms with Crippen molar-refractivity contribution in [1.82, 2.24) is 4.90 Å². The van der Waals surface area contributed by atoms with Crippen LogP contribution in [0.4, 0.5) is 0 Å². The van der Waals surface area contributed by atoms with E-state index in [0.29, 0.717) is 17.6 Å². The van der Waals surface area contributed by atoms with Gasteiger partial charge in [0, 0.05) is 30.7 Å². The molecule has 2 atom stereocenters. The molecule has 0 radical (unpaired) electrons. The van der Waals surface area contributed by atoms with Gasteiger partial charge in [-0.05, 0) is 42.9 Å². The first-order chi connectivity index (χ1) is 9.76. The molecule has 4 heteroatoms. The van der Waals surface area contributed by atoms with Crippen molar-refractivity contribution in [1.29, 1.82) is 5.26 Å². The van der Waals surface area contributed by atoms with E-state index in [1.807, 2.05) is 12.1 Å². The monoisotopic (exact) mass is 334 g/mol. The molecule has 1 aromatic rings. The van der Waals surface area contributed by atoms with Crippen molar-refractivity contribution >= 4 is 15.9 Å². The summed E-state index contributed by atoms with van der Waals surface area (Å²) in [5.74, 6) is 0.703. The van der Waals surface area contributed by atoms with Crippen LogP contribution < -0.4 is 0 Å². The van der Waals surface area contributed by atoms with Gasteiger partial charge in [0.05, 0.1) is 17.7 Å². The first-order valence-electron chi connectivity index (χ1n) is 7.29. The van der Waals surface area contributed by atoms with E-state index in [9.17, 15) is 0 Å². The van der Waals surface area contributed by atoms with Crippen molar-refractivity contribution in [2.45, 2.75) is 31.9 Å². The van der Waals surface area contributed by atoms with Gasteiger partial charge in [-0.15, -0.1) is 0 Å². The fraction of sp³-hybridized carbons (Fsp3) is 0.562. The average Bonchev–Trinajstić information content (AvgIpc) is 2.49. The topological polar surface area (TPSA) is 36.3 Å². The molecular formula is C16H19BrN2O. The van der Waals surface area contributed by atoms with E-state index in [-0.39, 0.29) is 0 Å². The zero-order valence-electron chi connectivity index (χ0n) is 11.5. The molecule has 0 aliphatic carbocycles. The van der Waals surface area contributed by atoms with Crippen LogP contribution in [0.5, 0.6) is 0 Å². The summed E-state index contributed by atoms with van der Waals surface area (Å²) < 4.78 is 6.90. The fourth-order valence-corrected chi connectivity index (χ4v) is 3.80. The lowest BCUT2D eigenvalue weighted by atomic mass is 9.88. The summed E-state index contributed by atoms with van der Waals surface area (Å²) in [6.07, 6.45) is 4.15. The third-order valence-electron chi connectivity index (χ3n) is 4.38. The number of hydrogen-bond acceptors (Lipinski definition) is 3. The van der Waals surface area contributed by atoms with Crippen molar-refractivity contribution in [3.8, 4) is 6.07 Å². The summed E-state index contributed by atoms with van der Waals surface area (Å²) in [6.45, 7) is 4.14. The second kappa shape index (κ2) is 6.26. The standard InChI is InChI=1S/C16H19BrN2O/c17-15-8-12(9-18)3-4-13(15)10-19-6-5-16-14(11-19)2-1-7-20-16/h3-4,8,14,16H,1-2,5-7,10-11H2/t14-,16+/m0/s1. The molecule has 0 saturated carbocycles. The second-order valence-corrected chi connectivity index (χ2v) is 6.61. The molecule has 0 spiro atoms. The summed E-state index contributed by atoms with van der Waals surface area (Å²) in [4.78, 5) is 2.52. The van der Waals surface area contributed by atoms with E-state index < -0.39 is 0 Å². The van der Waals surface area contributed by atoms with Crippen LogP contribution in [-0.4, -0.2) is 30.7 Å². The molecule has 0 amide bonds. The van der Waals surface area contributed by atoms with E-state index in [0.717, 1.165) is 37.1 Å². The Labute approximate surface area is 128 Å². The van der Waals surface area contributed by atoms with Crippen LogP contribution in [-0.2, 0) is 11.3 Å². The summed E-state index contributed by atoms with van der Waals surface area (Å²) in [5.41, 5.74) is 1.97. The maximum atomic E-state index is 8.91. The van der Waals surface area contributed by atoms with Crippen LogP contribution in [0.25, 0.3) is 0 Å². The molecule has 2 saturated heterocycles. The van der Waals surface area contributed by atoms with E-state index in [2.05, 4.69) is 33.0 Å². The normalized spacial score (nSPS) is 26.8. The van der Waals surface area contributed by atoms with Crippen LogP contribution in [0.3, 0.4) is 0 Å². The number of nitrogens with zero attached hydrogens (tertiary/aromatic N) is 2. The van der Waals surface area contributed by atoms with Gasteiger partial charge in [-0.2, -0.15) is 5.26 Å². The number of halogens is 1. The highest BCUT2D eigenvalue weighted by Gasteiger charge is 2.31. The molecule has 20 heavy (non-hydrogen) atoms. The van der Waals surface area contributed by atoms with E-state index in [1.54, 1.807) is 0 Å². The maximum Gasteiger partial charge on any atom is 0.0992 e. The first kappa shape index (κ1) is 14.1. The van der Waals surface area contributed by atoms with Gasteiger partial charge in [0.15, 0.2) is 0 Å². The Bertz CT molecular complexity index is 526. The SMILES string of the molecule is N#Cc1ccc(CN2CC[C@H]3OCCC[C@H]3C2)c(Br)c1. The molecule has 0 N–H and O–H groups in total. The zero-order chi connectivity index (χ0) is 13.9. The highest BCUT2D eigenvalue weighted by Crippen LogP contribution is 2.30. The number of hydrogen-bond donors (Lipinski definition) is 0. The Morgan fingerprint density at radius 1 is 1.40 bits per heavy atom. The van der Waals surface area contributed by atoms with Gasteiger partial charge in [0.1, 0.15) is 0 Å². The molecule has 0 unspecified atom stereocenters. The highest BCUT2D eigenvalue weighted by atomic mass is 79.9. The first-order valence-corrected chi connectivity index (χ1v) is 8.08. The molecule has 3 nitrogen and oxygen atoms in total. The van der Waals surface area contributed by atoms with Crippen LogP contribution >= 0.6 is 15.9 Å². The van der Waals surface area contributed by atoms with Crippen molar-refractivity contribution in [2.24, 2.45) is 5.92 Å². The second-order valence-electron chi connectivity index (χ2n) is 5.75. The van der Waals surface area contributed by atoms with Crippen molar-refractivity contribution in [3.05, 3.63) is 33.8 Å². The van der Waals surface area contributed by atoms with Gasteiger partial charge in [0.25, 0.3) is 0 Å². The number of rotatable bonds is 2. The van der Waals surface area contributed by atoms with Crippen LogP contribution in [0.15, 0.2) is 22.7 Å². The zero-order valence-corrected chi connectivity index (χ0v) is 13.1. The van der Waals surface area contributed by atoms with Gasteiger partial charge in [0.2, 0.25) is 0 Å². The molecule has 2 fully saturated rings. The summed E-state index contributed by atoms with van der Waals surface area (Å²) in [6, 6.07) is 8.05. The predicted molar refractivity (Wildman–Crippen MR) is 81.2 cm³/mol. The highest BCUT2D eigenvalue weighted by molar-refractivity contribution is 9.10. The van der Waals surface area contributed by atoms with Gasteiger partial charge in [-0.1, -0.05) is 22.0 Å². The largest absolute Gasteiger partial charge is 0.378 e. The Kier molecular flexibility index (Phi) is 4.40. The van der Waals surface area contributed by atoms with Crippen molar-refractivity contribution in [2.75, 3.05) is 19.7 Å². The Morgan fingerprint density at radius 3 is 3.10 bits per heavy atom. The van der Waals surface area contributed by atoms with Crippen molar-refractivity contribution in [3.63, 3.8) is 0 Å². The van der Waals surface area contributed by atoms with E-state index in [4.69, 9.17) is 10.00 Å². The van der Waals surface area contributed by atoms with Crippen LogP contribution in [0.1, 0.15) is 30.4 Å². The Morgan fingerprint density at radius 2 is 2.30 bits per heavy atom. The van der Waals surface area contributed by atoms with Gasteiger partial charge < -0.3 is 4.74 Å². The van der Waals surface area contributed by atoms with E-state index in [1.165, 1.54) is 18.4 Å². The van der Waals surface area contributed by atoms with Crippen LogP contribution in [0.2, 0.25) is 0 Å². The van der Waals surface area contributed by atoms with E-state index >= 15 is 0 Å². The number of likely N-dealkylation sites (tertiary alicyclic amines) is 1. The molecule has 2 aliphatic rings. The number of nitriles is 1. The van der Waals surface area contributed by atoms with Crippen LogP contribution in [0, 0.1) is 17.2 Å². The third kappa shape index (κ3) is 3.06. The van der Waals surface area contributed by atoms with Gasteiger partial charge in [-0.3, -0.25) is 4.90 Å². The molecular weight excluding hydrogens is 316 g/mol. The lowest BCUT2D eigenvalue weighted by Crippen LogP contribution is -2.45. The summed E-state index contributed by atoms with van der Waals surface area (Å²) in [7, 11) is 0. The van der Waals surface area contributed by atoms with Gasteiger partial charge >= 0.3 is 0 Å². The number of benzene rings is 1. The quantitative estimate of drug-likeness (QED) is 0.832. The summed E-state index contributed by atoms with van der Waals surface area (Å²) >= 11 is 3.58. The number of fused-ring (bicyclic) bond motifs is 1. The Balaban J connectivity index is 1.65.